The molecular weight excluding hydrogens is 274 g/mol. The number of nitrogens with zero attached hydrogens (tertiary/aromatic N) is 3. The van der Waals surface area contributed by atoms with Crippen molar-refractivity contribution in [3.8, 4) is 0 Å². The van der Waals surface area contributed by atoms with Gasteiger partial charge in [-0.15, -0.1) is 0 Å². The summed E-state index contributed by atoms with van der Waals surface area (Å²) in [5.41, 5.74) is 2.96. The lowest BCUT2D eigenvalue weighted by Crippen LogP contribution is -2.14. The van der Waals surface area contributed by atoms with Crippen molar-refractivity contribution in [1.82, 2.24) is 14.2 Å². The van der Waals surface area contributed by atoms with Crippen molar-refractivity contribution >= 4 is 10.0 Å². The van der Waals surface area contributed by atoms with E-state index in [0.717, 1.165) is 53.1 Å². The molecule has 0 atom stereocenters. The highest BCUT2D eigenvalue weighted by Crippen LogP contribution is 2.38. The van der Waals surface area contributed by atoms with Crippen LogP contribution in [0.3, 0.4) is 0 Å². The van der Waals surface area contributed by atoms with E-state index >= 15 is 0 Å². The molecule has 0 N–H and O–H groups in total. The highest BCUT2D eigenvalue weighted by atomic mass is 32.2. The summed E-state index contributed by atoms with van der Waals surface area (Å²) >= 11 is 0. The van der Waals surface area contributed by atoms with E-state index in [9.17, 15) is 8.42 Å². The summed E-state index contributed by atoms with van der Waals surface area (Å²) < 4.78 is 26.1. The van der Waals surface area contributed by atoms with Gasteiger partial charge in [-0.05, 0) is 49.8 Å². The predicted molar refractivity (Wildman–Crippen MR) is 73.0 cm³/mol. The first-order chi connectivity index (χ1) is 9.64. The van der Waals surface area contributed by atoms with Crippen molar-refractivity contribution in [3.05, 3.63) is 41.5 Å². The highest BCUT2D eigenvalue weighted by molar-refractivity contribution is 7.89. The fourth-order valence-electron chi connectivity index (χ4n) is 2.68. The van der Waals surface area contributed by atoms with Gasteiger partial charge >= 0.3 is 0 Å². The van der Waals surface area contributed by atoms with Crippen LogP contribution in [0.2, 0.25) is 0 Å². The van der Waals surface area contributed by atoms with Gasteiger partial charge in [-0.1, -0.05) is 0 Å². The van der Waals surface area contributed by atoms with E-state index in [1.54, 1.807) is 12.3 Å². The molecule has 0 aromatic carbocycles. The van der Waals surface area contributed by atoms with Gasteiger partial charge in [0.15, 0.2) is 0 Å². The molecule has 0 bridgehead atoms. The lowest BCUT2D eigenvalue weighted by atomic mass is 10.2. The molecule has 104 valence electrons. The van der Waals surface area contributed by atoms with Crippen LogP contribution in [-0.4, -0.2) is 22.6 Å². The zero-order chi connectivity index (χ0) is 13.7. The van der Waals surface area contributed by atoms with Gasteiger partial charge in [0.1, 0.15) is 4.90 Å². The fraction of sp³-hybridized carbons (Fsp3) is 0.429. The molecular formula is C14H15N3O2S. The predicted octanol–water partition coefficient (Wildman–Crippen LogP) is 1.88. The summed E-state index contributed by atoms with van der Waals surface area (Å²) in [6.45, 7) is 0. The Hall–Kier alpha value is -1.69. The van der Waals surface area contributed by atoms with Crippen molar-refractivity contribution in [2.75, 3.05) is 0 Å². The van der Waals surface area contributed by atoms with E-state index in [2.05, 4.69) is 10.1 Å². The maximum Gasteiger partial charge on any atom is 0.284 e. The van der Waals surface area contributed by atoms with Crippen molar-refractivity contribution in [2.24, 2.45) is 0 Å². The molecule has 20 heavy (non-hydrogen) atoms. The smallest absolute Gasteiger partial charge is 0.260 e. The van der Waals surface area contributed by atoms with Crippen molar-refractivity contribution < 1.29 is 8.42 Å². The van der Waals surface area contributed by atoms with Crippen molar-refractivity contribution in [1.29, 1.82) is 0 Å². The Morgan fingerprint density at radius 3 is 2.70 bits per heavy atom. The van der Waals surface area contributed by atoms with Gasteiger partial charge in [-0.25, -0.2) is 0 Å². The molecule has 2 heterocycles. The van der Waals surface area contributed by atoms with E-state index in [0.29, 0.717) is 5.92 Å². The summed E-state index contributed by atoms with van der Waals surface area (Å²) in [5.74, 6) is 0.528. The Kier molecular flexibility index (Phi) is 2.51. The molecule has 2 aliphatic carbocycles. The molecule has 1 fully saturated rings. The SMILES string of the molecule is O=S(=O)(c1ccc(C2CC2)nc1)n1cc2c(n1)CCC2. The number of aryl methyl sites for hydroxylation is 2. The summed E-state index contributed by atoms with van der Waals surface area (Å²) in [4.78, 5) is 4.49. The molecule has 2 aliphatic rings. The second-order valence-electron chi connectivity index (χ2n) is 5.53. The standard InChI is InChI=1S/C14H15N3O2S/c18-20(19,17-9-11-2-1-3-14(11)16-17)12-6-7-13(15-8-12)10-4-5-10/h6-10H,1-5H2. The zero-order valence-electron chi connectivity index (χ0n) is 11.0. The average molecular weight is 289 g/mol. The van der Waals surface area contributed by atoms with Crippen LogP contribution in [-0.2, 0) is 22.9 Å². The first-order valence-corrected chi connectivity index (χ1v) is 8.37. The normalized spacial score (nSPS) is 18.2. The number of pyridine rings is 1. The molecule has 2 aromatic heterocycles. The van der Waals surface area contributed by atoms with E-state index < -0.39 is 10.0 Å². The summed E-state index contributed by atoms with van der Waals surface area (Å²) in [7, 11) is -3.60. The Balaban J connectivity index is 1.70. The first kappa shape index (κ1) is 12.1. The lowest BCUT2D eigenvalue weighted by molar-refractivity contribution is 0.578. The minimum absolute atomic E-state index is 0.211. The second kappa shape index (κ2) is 4.15. The maximum absolute atomic E-state index is 12.5. The van der Waals surface area contributed by atoms with Crippen molar-refractivity contribution in [3.63, 3.8) is 0 Å². The fourth-order valence-corrected chi connectivity index (χ4v) is 3.80. The van der Waals surface area contributed by atoms with Gasteiger partial charge in [0.05, 0.1) is 5.69 Å². The molecule has 6 heteroatoms. The number of hydrogen-bond acceptors (Lipinski definition) is 4. The molecule has 0 unspecified atom stereocenters. The van der Waals surface area contributed by atoms with Crippen LogP contribution >= 0.6 is 0 Å². The number of fused-ring (bicyclic) bond motifs is 1. The first-order valence-electron chi connectivity index (χ1n) is 6.93. The quantitative estimate of drug-likeness (QED) is 0.865. The Bertz CT molecular complexity index is 737. The topological polar surface area (TPSA) is 64.8 Å². The molecule has 5 nitrogen and oxygen atoms in total. The summed E-state index contributed by atoms with van der Waals surface area (Å²) in [6, 6.07) is 3.46. The molecule has 0 radical (unpaired) electrons. The molecule has 0 aliphatic heterocycles. The Labute approximate surface area is 117 Å². The second-order valence-corrected chi connectivity index (χ2v) is 7.32. The largest absolute Gasteiger partial charge is 0.284 e. The minimum atomic E-state index is -3.60. The van der Waals surface area contributed by atoms with Gasteiger partial charge < -0.3 is 0 Å². The van der Waals surface area contributed by atoms with Crippen LogP contribution in [0.15, 0.2) is 29.4 Å². The number of rotatable bonds is 3. The third-order valence-corrected chi connectivity index (χ3v) is 5.53. The third-order valence-electron chi connectivity index (χ3n) is 4.01. The maximum atomic E-state index is 12.5. The van der Waals surface area contributed by atoms with Crippen LogP contribution in [0, 0.1) is 0 Å². The average Bonchev–Trinajstić information content (AvgIpc) is 3.06. The van der Waals surface area contributed by atoms with E-state index in [1.165, 1.54) is 6.20 Å². The zero-order valence-corrected chi connectivity index (χ0v) is 11.8. The molecule has 4 rings (SSSR count). The summed E-state index contributed by atoms with van der Waals surface area (Å²) in [6.07, 6.45) is 8.27. The molecule has 0 amide bonds. The van der Waals surface area contributed by atoms with E-state index in [-0.39, 0.29) is 4.90 Å². The van der Waals surface area contributed by atoms with Crippen LogP contribution in [0.4, 0.5) is 0 Å². The van der Waals surface area contributed by atoms with Gasteiger partial charge in [-0.2, -0.15) is 17.6 Å². The van der Waals surface area contributed by atoms with Gasteiger partial charge in [0.2, 0.25) is 0 Å². The van der Waals surface area contributed by atoms with E-state index in [4.69, 9.17) is 0 Å². The van der Waals surface area contributed by atoms with Crippen LogP contribution < -0.4 is 0 Å². The molecule has 0 spiro atoms. The van der Waals surface area contributed by atoms with Gasteiger partial charge in [-0.3, -0.25) is 4.98 Å². The Morgan fingerprint density at radius 2 is 2.05 bits per heavy atom. The number of aromatic nitrogens is 3. The lowest BCUT2D eigenvalue weighted by Gasteiger charge is -2.05. The molecule has 0 saturated heterocycles. The monoisotopic (exact) mass is 289 g/mol. The Morgan fingerprint density at radius 1 is 1.20 bits per heavy atom. The van der Waals surface area contributed by atoms with Crippen molar-refractivity contribution in [2.45, 2.75) is 42.9 Å². The third kappa shape index (κ3) is 1.86. The summed E-state index contributed by atoms with van der Waals surface area (Å²) in [5, 5.41) is 4.21. The van der Waals surface area contributed by atoms with Gasteiger partial charge in [0.25, 0.3) is 10.0 Å². The minimum Gasteiger partial charge on any atom is -0.260 e. The number of hydrogen-bond donors (Lipinski definition) is 0. The highest BCUT2D eigenvalue weighted by Gasteiger charge is 2.27. The van der Waals surface area contributed by atoms with Gasteiger partial charge in [0, 0.05) is 24.0 Å². The molecule has 1 saturated carbocycles. The van der Waals surface area contributed by atoms with E-state index in [1.807, 2.05) is 6.07 Å². The van der Waals surface area contributed by atoms with Crippen LogP contribution in [0.1, 0.15) is 42.1 Å². The van der Waals surface area contributed by atoms with Crippen LogP contribution in [0.25, 0.3) is 0 Å². The van der Waals surface area contributed by atoms with Crippen LogP contribution in [0.5, 0.6) is 0 Å². The molecule has 2 aromatic rings.